The first kappa shape index (κ1) is 18.6. The average molecular weight is 398 g/mol. The minimum Gasteiger partial charge on any atom is -0.353 e. The van der Waals surface area contributed by atoms with Crippen LogP contribution in [0.15, 0.2) is 44.6 Å². The summed E-state index contributed by atoms with van der Waals surface area (Å²) in [6, 6.07) is 9.19. The molecule has 0 radical (unpaired) electrons. The zero-order chi connectivity index (χ0) is 19.9. The molecule has 0 unspecified atom stereocenters. The molecule has 2 aliphatic rings. The maximum atomic E-state index is 12.8. The van der Waals surface area contributed by atoms with Crippen molar-refractivity contribution in [1.82, 2.24) is 4.98 Å². The van der Waals surface area contributed by atoms with Crippen LogP contribution in [0.1, 0.15) is 25.5 Å². The third-order valence-corrected chi connectivity index (χ3v) is 6.77. The number of pyridine rings is 1. The topological polar surface area (TPSA) is 95.8 Å². The highest BCUT2D eigenvalue weighted by Crippen LogP contribution is 2.39. The van der Waals surface area contributed by atoms with Gasteiger partial charge in [-0.3, -0.25) is 9.79 Å². The Morgan fingerprint density at radius 1 is 1.25 bits per heavy atom. The third kappa shape index (κ3) is 3.64. The Labute approximate surface area is 164 Å². The summed E-state index contributed by atoms with van der Waals surface area (Å²) in [5, 5.41) is 6.27. The number of carbonyl (C=O) groups is 1. The van der Waals surface area contributed by atoms with Crippen molar-refractivity contribution in [3.63, 3.8) is 0 Å². The number of fused-ring (bicyclic) bond motifs is 1. The van der Waals surface area contributed by atoms with Crippen LogP contribution in [-0.2, 0) is 20.9 Å². The highest BCUT2D eigenvalue weighted by Gasteiger charge is 2.30. The molecule has 146 valence electrons. The van der Waals surface area contributed by atoms with Gasteiger partial charge in [-0.2, -0.15) is 0 Å². The first-order chi connectivity index (χ1) is 13.4. The number of rotatable bonds is 5. The lowest BCUT2D eigenvalue weighted by atomic mass is 10.2. The quantitative estimate of drug-likeness (QED) is 0.799. The van der Waals surface area contributed by atoms with Crippen molar-refractivity contribution in [2.75, 3.05) is 23.9 Å². The molecular weight excluding hydrogens is 374 g/mol. The summed E-state index contributed by atoms with van der Waals surface area (Å²) in [4.78, 5) is 22.0. The molecule has 1 aliphatic carbocycles. The van der Waals surface area contributed by atoms with Gasteiger partial charge in [-0.1, -0.05) is 12.1 Å². The molecule has 1 aromatic heterocycles. The smallest absolute Gasteiger partial charge is 0.228 e. The molecule has 7 nitrogen and oxygen atoms in total. The number of carbonyl (C=O) groups excluding carboxylic acids is 1. The van der Waals surface area contributed by atoms with E-state index in [1.54, 1.807) is 19.4 Å². The number of benzene rings is 1. The zero-order valence-corrected chi connectivity index (χ0v) is 17.0. The summed E-state index contributed by atoms with van der Waals surface area (Å²) in [7, 11) is -0.957. The molecule has 1 fully saturated rings. The number of hydrogen-bond acceptors (Lipinski definition) is 6. The van der Waals surface area contributed by atoms with E-state index in [9.17, 15) is 9.00 Å². The van der Waals surface area contributed by atoms with Gasteiger partial charge < -0.3 is 10.6 Å². The largest absolute Gasteiger partial charge is 0.353 e. The molecule has 1 saturated carbocycles. The summed E-state index contributed by atoms with van der Waals surface area (Å²) in [5.74, 6) is 0.620. The zero-order valence-electron chi connectivity index (χ0n) is 16.2. The van der Waals surface area contributed by atoms with Crippen molar-refractivity contribution in [2.45, 2.75) is 31.1 Å². The van der Waals surface area contributed by atoms with Gasteiger partial charge in [0, 0.05) is 37.4 Å². The van der Waals surface area contributed by atoms with Crippen LogP contribution in [0.5, 0.6) is 0 Å². The van der Waals surface area contributed by atoms with E-state index in [2.05, 4.69) is 25.0 Å². The molecule has 1 amide bonds. The SMILES string of the molecule is CN=[S@@](C)(=O)c1ccccc1Nc1cc(NC(=O)C2CC2)nc2c1N=C(C)C2. The Kier molecular flexibility index (Phi) is 4.66. The standard InChI is InChI=1S/C20H23N5O2S/c1-12-10-15-19(22-12)16(11-18(24-15)25-20(26)13-8-9-13)23-14-6-4-5-7-17(14)28(3,27)21-2/h4-7,11,13H,8-10H2,1-3H3,(H2,23,24,25,26)/t28-/m0/s1. The first-order valence-electron chi connectivity index (χ1n) is 9.22. The van der Waals surface area contributed by atoms with Gasteiger partial charge in [0.05, 0.1) is 31.7 Å². The molecule has 0 spiro atoms. The third-order valence-electron chi connectivity index (χ3n) is 4.90. The van der Waals surface area contributed by atoms with E-state index in [1.165, 1.54) is 0 Å². The molecule has 28 heavy (non-hydrogen) atoms. The number of para-hydroxylation sites is 1. The summed E-state index contributed by atoms with van der Waals surface area (Å²) in [5.41, 5.74) is 3.98. The minimum absolute atomic E-state index is 0.01000. The first-order valence-corrected chi connectivity index (χ1v) is 11.1. The van der Waals surface area contributed by atoms with Crippen LogP contribution >= 0.6 is 0 Å². The molecular formula is C20H23N5O2S. The number of nitrogens with one attached hydrogen (secondary N) is 2. The number of aromatic nitrogens is 1. The second-order valence-corrected chi connectivity index (χ2v) is 9.65. The van der Waals surface area contributed by atoms with E-state index in [-0.39, 0.29) is 11.8 Å². The van der Waals surface area contributed by atoms with Crippen LogP contribution < -0.4 is 10.6 Å². The summed E-state index contributed by atoms with van der Waals surface area (Å²) < 4.78 is 16.9. The lowest BCUT2D eigenvalue weighted by Crippen LogP contribution is -2.15. The van der Waals surface area contributed by atoms with Gasteiger partial charge in [0.15, 0.2) is 0 Å². The summed E-state index contributed by atoms with van der Waals surface area (Å²) in [6.45, 7) is 1.96. The second kappa shape index (κ2) is 7.01. The number of nitrogens with zero attached hydrogens (tertiary/aromatic N) is 3. The molecule has 1 aliphatic heterocycles. The maximum Gasteiger partial charge on any atom is 0.228 e. The molecule has 0 saturated heterocycles. The Bertz CT molecular complexity index is 1110. The minimum atomic E-state index is -2.51. The van der Waals surface area contributed by atoms with Crippen molar-refractivity contribution >= 4 is 44.2 Å². The Morgan fingerprint density at radius 2 is 2.00 bits per heavy atom. The van der Waals surface area contributed by atoms with E-state index in [0.29, 0.717) is 22.8 Å². The van der Waals surface area contributed by atoms with Gasteiger partial charge >= 0.3 is 0 Å². The van der Waals surface area contributed by atoms with Crippen LogP contribution in [0.4, 0.5) is 22.9 Å². The van der Waals surface area contributed by atoms with E-state index >= 15 is 0 Å². The van der Waals surface area contributed by atoms with Crippen LogP contribution in [0.3, 0.4) is 0 Å². The monoisotopic (exact) mass is 397 g/mol. The molecule has 1 atom stereocenters. The van der Waals surface area contributed by atoms with Crippen LogP contribution in [-0.4, -0.2) is 34.1 Å². The van der Waals surface area contributed by atoms with Gasteiger partial charge in [0.25, 0.3) is 0 Å². The maximum absolute atomic E-state index is 12.8. The molecule has 2 heterocycles. The van der Waals surface area contributed by atoms with Crippen molar-refractivity contribution in [1.29, 1.82) is 0 Å². The van der Waals surface area contributed by atoms with Crippen molar-refractivity contribution < 1.29 is 9.00 Å². The normalized spacial score (nSPS) is 17.3. The predicted octanol–water partition coefficient (Wildman–Crippen LogP) is 3.91. The van der Waals surface area contributed by atoms with E-state index in [4.69, 9.17) is 0 Å². The fourth-order valence-corrected chi connectivity index (χ4v) is 4.24. The molecule has 2 N–H and O–H groups in total. The average Bonchev–Trinajstić information content (AvgIpc) is 3.44. The van der Waals surface area contributed by atoms with Crippen molar-refractivity contribution in [3.8, 4) is 0 Å². The Morgan fingerprint density at radius 3 is 2.71 bits per heavy atom. The van der Waals surface area contributed by atoms with Gasteiger partial charge in [-0.05, 0) is 31.9 Å². The van der Waals surface area contributed by atoms with Gasteiger partial charge in [0.2, 0.25) is 5.91 Å². The number of hydrogen-bond donors (Lipinski definition) is 2. The number of aliphatic imine (C=N–C) groups is 1. The fraction of sp³-hybridized carbons (Fsp3) is 0.350. The van der Waals surface area contributed by atoms with Gasteiger partial charge in [0.1, 0.15) is 11.5 Å². The molecule has 4 rings (SSSR count). The van der Waals surface area contributed by atoms with Gasteiger partial charge in [-0.15, -0.1) is 0 Å². The van der Waals surface area contributed by atoms with E-state index < -0.39 is 9.73 Å². The summed E-state index contributed by atoms with van der Waals surface area (Å²) >= 11 is 0. The lowest BCUT2D eigenvalue weighted by Gasteiger charge is -2.16. The van der Waals surface area contributed by atoms with E-state index in [1.807, 2.05) is 31.2 Å². The molecule has 0 bridgehead atoms. The molecule has 8 heteroatoms. The summed E-state index contributed by atoms with van der Waals surface area (Å²) in [6.07, 6.45) is 4.13. The van der Waals surface area contributed by atoms with Crippen LogP contribution in [0.2, 0.25) is 0 Å². The molecule has 1 aromatic carbocycles. The van der Waals surface area contributed by atoms with Crippen molar-refractivity contribution in [2.24, 2.45) is 15.3 Å². The number of anilines is 3. The molecule has 2 aromatic rings. The second-order valence-electron chi connectivity index (χ2n) is 7.24. The Balaban J connectivity index is 1.74. The van der Waals surface area contributed by atoms with Crippen LogP contribution in [0, 0.1) is 5.92 Å². The van der Waals surface area contributed by atoms with E-state index in [0.717, 1.165) is 35.6 Å². The number of amides is 1. The van der Waals surface area contributed by atoms with Crippen molar-refractivity contribution in [3.05, 3.63) is 36.0 Å². The Hall–Kier alpha value is -2.74. The van der Waals surface area contributed by atoms with Gasteiger partial charge in [-0.25, -0.2) is 13.6 Å². The predicted molar refractivity (Wildman–Crippen MR) is 112 cm³/mol. The highest BCUT2D eigenvalue weighted by molar-refractivity contribution is 7.93. The lowest BCUT2D eigenvalue weighted by molar-refractivity contribution is -0.117. The fourth-order valence-electron chi connectivity index (χ4n) is 3.19. The highest BCUT2D eigenvalue weighted by atomic mass is 32.2. The van der Waals surface area contributed by atoms with Crippen LogP contribution in [0.25, 0.3) is 0 Å².